The van der Waals surface area contributed by atoms with Crippen LogP contribution in [0.2, 0.25) is 0 Å². The Morgan fingerprint density at radius 3 is 3.11 bits per heavy atom. The van der Waals surface area contributed by atoms with Gasteiger partial charge in [0.1, 0.15) is 0 Å². The summed E-state index contributed by atoms with van der Waals surface area (Å²) in [5, 5.41) is 0. The average Bonchev–Trinajstić information content (AvgIpc) is 2.89. The number of hydrogen-bond acceptors (Lipinski definition) is 4. The molecule has 4 nitrogen and oxygen atoms in total. The third kappa shape index (κ3) is 3.32. The highest BCUT2D eigenvalue weighted by Gasteiger charge is 2.20. The van der Waals surface area contributed by atoms with Crippen LogP contribution in [0.15, 0.2) is 18.3 Å². The normalized spacial score (nSPS) is 15.2. The van der Waals surface area contributed by atoms with Crippen molar-refractivity contribution >= 4 is 17.7 Å². The molecule has 18 heavy (non-hydrogen) atoms. The SMILES string of the molecule is O=C(c1ccnc(OCC(F)F)c1)N1CCSC1. The summed E-state index contributed by atoms with van der Waals surface area (Å²) >= 11 is 1.68. The number of ether oxygens (including phenoxy) is 1. The summed E-state index contributed by atoms with van der Waals surface area (Å²) in [6, 6.07) is 2.95. The van der Waals surface area contributed by atoms with Gasteiger partial charge in [0, 0.05) is 30.1 Å². The Balaban J connectivity index is 2.04. The summed E-state index contributed by atoms with van der Waals surface area (Å²) < 4.78 is 28.8. The zero-order chi connectivity index (χ0) is 13.0. The Kier molecular flexibility index (Phi) is 4.35. The molecule has 1 aliphatic rings. The Labute approximate surface area is 107 Å². The van der Waals surface area contributed by atoms with Gasteiger partial charge in [-0.05, 0) is 6.07 Å². The molecule has 1 saturated heterocycles. The maximum Gasteiger partial charge on any atom is 0.272 e. The molecule has 1 aromatic heterocycles. The van der Waals surface area contributed by atoms with Gasteiger partial charge >= 0.3 is 0 Å². The second-order valence-electron chi connectivity index (χ2n) is 3.69. The summed E-state index contributed by atoms with van der Waals surface area (Å²) in [5.41, 5.74) is 0.414. The number of aromatic nitrogens is 1. The molecule has 1 amide bonds. The highest BCUT2D eigenvalue weighted by atomic mass is 32.2. The smallest absolute Gasteiger partial charge is 0.272 e. The van der Waals surface area contributed by atoms with E-state index in [1.807, 2.05) is 0 Å². The van der Waals surface area contributed by atoms with Crippen LogP contribution >= 0.6 is 11.8 Å². The average molecular weight is 274 g/mol. The van der Waals surface area contributed by atoms with Crippen LogP contribution in [0.3, 0.4) is 0 Å². The first-order valence-corrected chi connectivity index (χ1v) is 6.56. The van der Waals surface area contributed by atoms with Crippen molar-refractivity contribution in [1.82, 2.24) is 9.88 Å². The van der Waals surface area contributed by atoms with E-state index in [1.54, 1.807) is 22.7 Å². The van der Waals surface area contributed by atoms with E-state index < -0.39 is 13.0 Å². The Hall–Kier alpha value is -1.37. The van der Waals surface area contributed by atoms with Gasteiger partial charge in [-0.25, -0.2) is 13.8 Å². The molecule has 2 heterocycles. The summed E-state index contributed by atoms with van der Waals surface area (Å²) in [6.07, 6.45) is -1.17. The van der Waals surface area contributed by atoms with Crippen molar-refractivity contribution < 1.29 is 18.3 Å². The number of nitrogens with zero attached hydrogens (tertiary/aromatic N) is 2. The maximum absolute atomic E-state index is 12.0. The summed E-state index contributed by atoms with van der Waals surface area (Å²) in [7, 11) is 0. The Bertz CT molecular complexity index is 425. The summed E-state index contributed by atoms with van der Waals surface area (Å²) in [6.45, 7) is -0.0107. The zero-order valence-electron chi connectivity index (χ0n) is 9.51. The molecule has 0 saturated carbocycles. The lowest BCUT2D eigenvalue weighted by Crippen LogP contribution is -2.27. The first kappa shape index (κ1) is 13.1. The van der Waals surface area contributed by atoms with Crippen LogP contribution in [-0.2, 0) is 0 Å². The second-order valence-corrected chi connectivity index (χ2v) is 4.77. The van der Waals surface area contributed by atoms with Gasteiger partial charge in [0.25, 0.3) is 12.3 Å². The lowest BCUT2D eigenvalue weighted by Gasteiger charge is -2.14. The van der Waals surface area contributed by atoms with Crippen molar-refractivity contribution in [3.8, 4) is 5.88 Å². The highest BCUT2D eigenvalue weighted by molar-refractivity contribution is 7.99. The molecule has 0 bridgehead atoms. The fourth-order valence-corrected chi connectivity index (χ4v) is 2.47. The van der Waals surface area contributed by atoms with Gasteiger partial charge in [0.2, 0.25) is 5.88 Å². The van der Waals surface area contributed by atoms with Gasteiger partial charge in [-0.15, -0.1) is 11.8 Å². The van der Waals surface area contributed by atoms with Crippen LogP contribution in [0.1, 0.15) is 10.4 Å². The number of amides is 1. The van der Waals surface area contributed by atoms with Gasteiger partial charge in [0.15, 0.2) is 6.61 Å². The quantitative estimate of drug-likeness (QED) is 0.840. The van der Waals surface area contributed by atoms with Crippen molar-refractivity contribution in [3.63, 3.8) is 0 Å². The molecule has 0 unspecified atom stereocenters. The van der Waals surface area contributed by atoms with E-state index in [4.69, 9.17) is 4.74 Å². The van der Waals surface area contributed by atoms with Crippen molar-refractivity contribution in [2.75, 3.05) is 24.8 Å². The number of carbonyl (C=O) groups excluding carboxylic acids is 1. The maximum atomic E-state index is 12.0. The van der Waals surface area contributed by atoms with Crippen molar-refractivity contribution in [2.24, 2.45) is 0 Å². The van der Waals surface area contributed by atoms with Gasteiger partial charge in [-0.3, -0.25) is 4.79 Å². The van der Waals surface area contributed by atoms with Crippen molar-refractivity contribution in [1.29, 1.82) is 0 Å². The number of rotatable bonds is 4. The topological polar surface area (TPSA) is 42.4 Å². The van der Waals surface area contributed by atoms with Gasteiger partial charge < -0.3 is 9.64 Å². The molecule has 0 atom stereocenters. The van der Waals surface area contributed by atoms with Crippen LogP contribution in [0.4, 0.5) is 8.78 Å². The third-order valence-electron chi connectivity index (χ3n) is 2.38. The van der Waals surface area contributed by atoms with Crippen LogP contribution in [0.25, 0.3) is 0 Å². The number of pyridine rings is 1. The molecule has 1 aliphatic heterocycles. The number of hydrogen-bond donors (Lipinski definition) is 0. The lowest BCUT2D eigenvalue weighted by atomic mass is 10.2. The first-order valence-electron chi connectivity index (χ1n) is 5.41. The second kappa shape index (κ2) is 5.99. The summed E-state index contributed by atoms with van der Waals surface area (Å²) in [5.74, 6) is 1.51. The van der Waals surface area contributed by atoms with E-state index in [-0.39, 0.29) is 11.8 Å². The predicted octanol–water partition coefficient (Wildman–Crippen LogP) is 1.87. The highest BCUT2D eigenvalue weighted by Crippen LogP contribution is 2.18. The van der Waals surface area contributed by atoms with E-state index in [9.17, 15) is 13.6 Å². The molecule has 7 heteroatoms. The first-order chi connectivity index (χ1) is 8.66. The minimum Gasteiger partial charge on any atom is -0.472 e. The molecular weight excluding hydrogens is 262 g/mol. The fraction of sp³-hybridized carbons (Fsp3) is 0.455. The number of alkyl halides is 2. The standard InChI is InChI=1S/C11H12F2N2O2S/c12-9(13)6-17-10-5-8(1-2-14-10)11(16)15-3-4-18-7-15/h1-2,5,9H,3-4,6-7H2. The molecule has 98 valence electrons. The van der Waals surface area contributed by atoms with Gasteiger partial charge in [-0.2, -0.15) is 0 Å². The van der Waals surface area contributed by atoms with E-state index in [0.717, 1.165) is 5.75 Å². The van der Waals surface area contributed by atoms with E-state index in [0.29, 0.717) is 18.0 Å². The molecule has 1 aromatic rings. The molecule has 2 rings (SSSR count). The van der Waals surface area contributed by atoms with Crippen LogP contribution < -0.4 is 4.74 Å². The van der Waals surface area contributed by atoms with Crippen LogP contribution in [-0.4, -0.2) is 47.0 Å². The van der Waals surface area contributed by atoms with Gasteiger partial charge in [0.05, 0.1) is 5.88 Å². The molecule has 0 radical (unpaired) electrons. The van der Waals surface area contributed by atoms with Crippen molar-refractivity contribution in [2.45, 2.75) is 6.43 Å². The van der Waals surface area contributed by atoms with Crippen LogP contribution in [0, 0.1) is 0 Å². The monoisotopic (exact) mass is 274 g/mol. The number of carbonyl (C=O) groups is 1. The summed E-state index contributed by atoms with van der Waals surface area (Å²) in [4.78, 5) is 17.5. The minimum atomic E-state index is -2.55. The zero-order valence-corrected chi connectivity index (χ0v) is 10.3. The molecule has 0 aromatic carbocycles. The van der Waals surface area contributed by atoms with E-state index in [2.05, 4.69) is 4.98 Å². The van der Waals surface area contributed by atoms with E-state index in [1.165, 1.54) is 12.3 Å². The fourth-order valence-electron chi connectivity index (χ4n) is 1.53. The molecule has 1 fully saturated rings. The molecular formula is C11H12F2N2O2S. The lowest BCUT2D eigenvalue weighted by molar-refractivity contribution is 0.0783. The molecule has 0 spiro atoms. The number of thioether (sulfide) groups is 1. The minimum absolute atomic E-state index is 0.0491. The predicted molar refractivity (Wildman–Crippen MR) is 64.1 cm³/mol. The Morgan fingerprint density at radius 2 is 2.44 bits per heavy atom. The van der Waals surface area contributed by atoms with E-state index >= 15 is 0 Å². The largest absolute Gasteiger partial charge is 0.472 e. The third-order valence-corrected chi connectivity index (χ3v) is 3.34. The van der Waals surface area contributed by atoms with Crippen LogP contribution in [0.5, 0.6) is 5.88 Å². The molecule has 0 aliphatic carbocycles. The Morgan fingerprint density at radius 1 is 1.61 bits per heavy atom. The van der Waals surface area contributed by atoms with Crippen molar-refractivity contribution in [3.05, 3.63) is 23.9 Å². The number of halogens is 2. The molecule has 0 N–H and O–H groups in total. The van der Waals surface area contributed by atoms with Gasteiger partial charge in [-0.1, -0.05) is 0 Å².